The molecule has 0 atom stereocenters. The summed E-state index contributed by atoms with van der Waals surface area (Å²) in [5, 5.41) is 4.86. The van der Waals surface area contributed by atoms with Crippen molar-refractivity contribution in [2.75, 3.05) is 23.4 Å². The van der Waals surface area contributed by atoms with Crippen LogP contribution in [0.4, 0.5) is 10.1 Å². The lowest BCUT2D eigenvalue weighted by molar-refractivity contribution is -0.118. The fourth-order valence-electron chi connectivity index (χ4n) is 2.68. The number of halogens is 1. The van der Waals surface area contributed by atoms with Crippen LogP contribution in [0.3, 0.4) is 0 Å². The molecule has 1 aromatic heterocycles. The van der Waals surface area contributed by atoms with Crippen LogP contribution in [0.25, 0.3) is 11.0 Å². The lowest BCUT2D eigenvalue weighted by Crippen LogP contribution is -2.35. The number of imidazole rings is 1. The Balaban J connectivity index is 1.44. The van der Waals surface area contributed by atoms with Crippen molar-refractivity contribution in [2.45, 2.75) is 6.42 Å². The number of H-pyrrole nitrogens is 1. The van der Waals surface area contributed by atoms with E-state index in [0.717, 1.165) is 23.2 Å². The third-order valence-corrected chi connectivity index (χ3v) is 5.36. The predicted octanol–water partition coefficient (Wildman–Crippen LogP) is 1.41. The maximum absolute atomic E-state index is 12.8. The number of carbonyl (C=O) groups excluding carboxylic acids is 2. The number of hydrogen-bond donors (Lipinski definition) is 3. The van der Waals surface area contributed by atoms with E-state index < -0.39 is 39.0 Å². The normalized spacial score (nSPS) is 11.3. The smallest absolute Gasteiger partial charge is 0.239 e. The average molecular weight is 418 g/mol. The van der Waals surface area contributed by atoms with Gasteiger partial charge in [0.05, 0.1) is 11.0 Å². The number of aromatic nitrogens is 2. The van der Waals surface area contributed by atoms with Gasteiger partial charge in [0.1, 0.15) is 23.1 Å². The highest BCUT2D eigenvalue weighted by Crippen LogP contribution is 2.10. The molecule has 0 aliphatic rings. The molecule has 1 heterocycles. The molecule has 3 N–H and O–H groups in total. The molecule has 0 saturated carbocycles. The van der Waals surface area contributed by atoms with Gasteiger partial charge in [0.2, 0.25) is 11.8 Å². The Bertz CT molecular complexity index is 1090. The van der Waals surface area contributed by atoms with E-state index in [9.17, 15) is 22.4 Å². The van der Waals surface area contributed by atoms with Crippen LogP contribution in [0, 0.1) is 5.82 Å². The van der Waals surface area contributed by atoms with Crippen LogP contribution in [-0.2, 0) is 25.8 Å². The van der Waals surface area contributed by atoms with Crippen molar-refractivity contribution in [2.24, 2.45) is 0 Å². The van der Waals surface area contributed by atoms with Gasteiger partial charge in [-0.2, -0.15) is 0 Å². The molecule has 0 saturated heterocycles. The number of hydrogen-bond acceptors (Lipinski definition) is 5. The molecular weight excluding hydrogens is 399 g/mol. The number of nitrogens with zero attached hydrogens (tertiary/aromatic N) is 1. The van der Waals surface area contributed by atoms with E-state index in [1.54, 1.807) is 0 Å². The topological polar surface area (TPSA) is 121 Å². The third-order valence-electron chi connectivity index (χ3n) is 3.95. The molecule has 0 bridgehead atoms. The van der Waals surface area contributed by atoms with E-state index in [0.29, 0.717) is 12.2 Å². The first-order valence-electron chi connectivity index (χ1n) is 8.77. The lowest BCUT2D eigenvalue weighted by atomic mass is 10.3. The Hall–Kier alpha value is -3.27. The van der Waals surface area contributed by atoms with Gasteiger partial charge >= 0.3 is 0 Å². The van der Waals surface area contributed by atoms with Crippen LogP contribution in [0.15, 0.2) is 48.5 Å². The van der Waals surface area contributed by atoms with E-state index >= 15 is 0 Å². The average Bonchev–Trinajstić information content (AvgIpc) is 3.05. The van der Waals surface area contributed by atoms with Crippen molar-refractivity contribution in [1.82, 2.24) is 15.3 Å². The summed E-state index contributed by atoms with van der Waals surface area (Å²) in [7, 11) is -3.95. The first-order chi connectivity index (χ1) is 13.8. The van der Waals surface area contributed by atoms with E-state index in [1.165, 1.54) is 12.1 Å². The summed E-state index contributed by atoms with van der Waals surface area (Å²) in [4.78, 5) is 31.2. The highest BCUT2D eigenvalue weighted by molar-refractivity contribution is 7.92. The second kappa shape index (κ2) is 8.82. The largest absolute Gasteiger partial charge is 0.355 e. The molecule has 0 unspecified atom stereocenters. The van der Waals surface area contributed by atoms with Crippen LogP contribution >= 0.6 is 0 Å². The number of sulfone groups is 1. The maximum Gasteiger partial charge on any atom is 0.239 e. The van der Waals surface area contributed by atoms with Crippen LogP contribution in [0.2, 0.25) is 0 Å². The Morgan fingerprint density at radius 2 is 1.69 bits per heavy atom. The highest BCUT2D eigenvalue weighted by Gasteiger charge is 2.21. The summed E-state index contributed by atoms with van der Waals surface area (Å²) in [6.07, 6.45) is 0.408. The van der Waals surface area contributed by atoms with Gasteiger partial charge in [-0.05, 0) is 36.4 Å². The molecule has 0 fully saturated rings. The molecule has 2 aromatic carbocycles. The van der Waals surface area contributed by atoms with Crippen molar-refractivity contribution in [1.29, 1.82) is 0 Å². The molecule has 152 valence electrons. The maximum atomic E-state index is 12.8. The van der Waals surface area contributed by atoms with E-state index in [-0.39, 0.29) is 12.2 Å². The molecule has 8 nitrogen and oxygen atoms in total. The Morgan fingerprint density at radius 3 is 2.41 bits per heavy atom. The molecular formula is C19H19FN4O4S. The number of anilines is 1. The lowest BCUT2D eigenvalue weighted by Gasteiger charge is -2.07. The zero-order valence-electron chi connectivity index (χ0n) is 15.3. The SMILES string of the molecule is O=C(CS(=O)(=O)CC(=O)Nc1ccc(F)cc1)NCCc1nc2ccccc2[nH]1. The molecule has 2 amide bonds. The summed E-state index contributed by atoms with van der Waals surface area (Å²) >= 11 is 0. The molecule has 29 heavy (non-hydrogen) atoms. The van der Waals surface area contributed by atoms with Crippen molar-refractivity contribution >= 4 is 38.4 Å². The Kier molecular flexibility index (Phi) is 6.23. The summed E-state index contributed by atoms with van der Waals surface area (Å²) < 4.78 is 36.9. The number of nitrogens with one attached hydrogen (secondary N) is 3. The molecule has 0 aliphatic carbocycles. The van der Waals surface area contributed by atoms with Gasteiger partial charge in [0, 0.05) is 18.7 Å². The van der Waals surface area contributed by atoms with Crippen LogP contribution in [0.1, 0.15) is 5.82 Å². The second-order valence-corrected chi connectivity index (χ2v) is 8.45. The van der Waals surface area contributed by atoms with Crippen molar-refractivity contribution in [3.8, 4) is 0 Å². The zero-order valence-corrected chi connectivity index (χ0v) is 16.1. The Labute approximate surface area is 166 Å². The van der Waals surface area contributed by atoms with Crippen molar-refractivity contribution in [3.05, 3.63) is 60.2 Å². The second-order valence-electron chi connectivity index (χ2n) is 6.39. The van der Waals surface area contributed by atoms with Gasteiger partial charge in [0.15, 0.2) is 9.84 Å². The number of rotatable bonds is 8. The number of fused-ring (bicyclic) bond motifs is 1. The summed E-state index contributed by atoms with van der Waals surface area (Å²) in [6.45, 7) is 0.204. The fourth-order valence-corrected chi connectivity index (χ4v) is 3.75. The van der Waals surface area contributed by atoms with Crippen LogP contribution < -0.4 is 10.6 Å². The number of amides is 2. The van der Waals surface area contributed by atoms with E-state index in [1.807, 2.05) is 24.3 Å². The van der Waals surface area contributed by atoms with Crippen LogP contribution in [0.5, 0.6) is 0 Å². The quantitative estimate of drug-likeness (QED) is 0.511. The Morgan fingerprint density at radius 1 is 1.00 bits per heavy atom. The van der Waals surface area contributed by atoms with Crippen LogP contribution in [-0.4, -0.2) is 48.3 Å². The first-order valence-corrected chi connectivity index (χ1v) is 10.6. The standard InChI is InChI=1S/C19H19FN4O4S/c20-13-5-7-14(8-6-13)22-19(26)12-29(27,28)11-18(25)21-10-9-17-23-15-3-1-2-4-16(15)24-17/h1-8H,9-12H2,(H,21,25)(H,22,26)(H,23,24). The van der Waals surface area contributed by atoms with Gasteiger partial charge < -0.3 is 15.6 Å². The zero-order chi connectivity index (χ0) is 20.9. The monoisotopic (exact) mass is 418 g/mol. The van der Waals surface area contributed by atoms with E-state index in [4.69, 9.17) is 0 Å². The first kappa shape index (κ1) is 20.5. The minimum Gasteiger partial charge on any atom is -0.355 e. The minimum absolute atomic E-state index is 0.204. The number of benzene rings is 2. The molecule has 3 aromatic rings. The van der Waals surface area contributed by atoms with Gasteiger partial charge in [-0.3, -0.25) is 9.59 Å². The molecule has 0 radical (unpaired) electrons. The molecule has 0 aliphatic heterocycles. The summed E-state index contributed by atoms with van der Waals surface area (Å²) in [5.74, 6) is -2.95. The number of aromatic amines is 1. The molecule has 3 rings (SSSR count). The summed E-state index contributed by atoms with van der Waals surface area (Å²) in [6, 6.07) is 12.4. The molecule has 10 heteroatoms. The predicted molar refractivity (Wildman–Crippen MR) is 106 cm³/mol. The molecule has 0 spiro atoms. The fraction of sp³-hybridized carbons (Fsp3) is 0.211. The van der Waals surface area contributed by atoms with Gasteiger partial charge in [-0.15, -0.1) is 0 Å². The summed E-state index contributed by atoms with van der Waals surface area (Å²) in [5.41, 5.74) is 1.95. The minimum atomic E-state index is -3.95. The van der Waals surface area contributed by atoms with Gasteiger partial charge in [-0.1, -0.05) is 12.1 Å². The van der Waals surface area contributed by atoms with E-state index in [2.05, 4.69) is 20.6 Å². The van der Waals surface area contributed by atoms with Crippen molar-refractivity contribution in [3.63, 3.8) is 0 Å². The number of carbonyl (C=O) groups is 2. The third kappa shape index (κ3) is 6.11. The number of para-hydroxylation sites is 2. The van der Waals surface area contributed by atoms with Crippen molar-refractivity contribution < 1.29 is 22.4 Å². The highest BCUT2D eigenvalue weighted by atomic mass is 32.2. The van der Waals surface area contributed by atoms with Gasteiger partial charge in [-0.25, -0.2) is 17.8 Å². The van der Waals surface area contributed by atoms with Gasteiger partial charge in [0.25, 0.3) is 0 Å².